The number of aliphatic carboxylic acids is 1. The van der Waals surface area contributed by atoms with E-state index in [4.69, 9.17) is 5.11 Å². The van der Waals surface area contributed by atoms with Crippen LogP contribution in [0.3, 0.4) is 0 Å². The van der Waals surface area contributed by atoms with Crippen molar-refractivity contribution in [3.8, 4) is 0 Å². The fourth-order valence-electron chi connectivity index (χ4n) is 3.23. The maximum atomic E-state index is 12.3. The SMILES string of the molecule is CCCCCC/C=C/CC(=O)NC(CCC(=O)O)CSc1ccc2ccccc2c1. The molecular formula is C25H33NO3S. The summed E-state index contributed by atoms with van der Waals surface area (Å²) in [4.78, 5) is 24.4. The molecule has 2 N–H and O–H groups in total. The first kappa shape index (κ1) is 24.0. The zero-order valence-electron chi connectivity index (χ0n) is 17.8. The standard InChI is InChI=1S/C25H33NO3S/c1-2-3-4-5-6-7-8-13-24(27)26-22(15-17-25(28)29)19-30-23-16-14-20-11-9-10-12-21(20)18-23/h7-12,14,16,18,22H,2-6,13,15,17,19H2,1H3,(H,26,27)(H,28,29)/b8-7+. The van der Waals surface area contributed by atoms with Crippen LogP contribution < -0.4 is 5.32 Å². The van der Waals surface area contributed by atoms with E-state index in [0.29, 0.717) is 18.6 Å². The first-order chi connectivity index (χ1) is 14.6. The maximum absolute atomic E-state index is 12.3. The summed E-state index contributed by atoms with van der Waals surface area (Å²) >= 11 is 1.65. The van der Waals surface area contributed by atoms with Gasteiger partial charge in [0.15, 0.2) is 0 Å². The number of unbranched alkanes of at least 4 members (excludes halogenated alkanes) is 4. The van der Waals surface area contributed by atoms with Gasteiger partial charge in [-0.25, -0.2) is 0 Å². The Bertz CT molecular complexity index is 834. The molecule has 0 aliphatic rings. The number of carbonyl (C=O) groups excluding carboxylic acids is 1. The second-order valence-corrected chi connectivity index (χ2v) is 8.64. The number of thioether (sulfide) groups is 1. The molecule has 0 saturated carbocycles. The maximum Gasteiger partial charge on any atom is 0.303 e. The number of hydrogen-bond acceptors (Lipinski definition) is 3. The summed E-state index contributed by atoms with van der Waals surface area (Å²) in [5, 5.41) is 14.4. The van der Waals surface area contributed by atoms with E-state index in [-0.39, 0.29) is 18.4 Å². The van der Waals surface area contributed by atoms with Gasteiger partial charge in [0, 0.05) is 29.5 Å². The van der Waals surface area contributed by atoms with Crippen molar-refractivity contribution in [2.45, 2.75) is 69.2 Å². The fraction of sp³-hybridized carbons (Fsp3) is 0.440. The lowest BCUT2D eigenvalue weighted by atomic mass is 10.1. The molecule has 4 nitrogen and oxygen atoms in total. The number of rotatable bonds is 14. The van der Waals surface area contributed by atoms with E-state index in [2.05, 4.69) is 48.6 Å². The van der Waals surface area contributed by atoms with Crippen molar-refractivity contribution in [1.82, 2.24) is 5.32 Å². The number of carboxylic acid groups (broad SMARTS) is 1. The molecule has 1 unspecified atom stereocenters. The van der Waals surface area contributed by atoms with Gasteiger partial charge in [-0.05, 0) is 42.2 Å². The highest BCUT2D eigenvalue weighted by Gasteiger charge is 2.14. The zero-order chi connectivity index (χ0) is 21.6. The van der Waals surface area contributed by atoms with Gasteiger partial charge >= 0.3 is 5.97 Å². The number of nitrogens with one attached hydrogen (secondary N) is 1. The first-order valence-electron chi connectivity index (χ1n) is 10.9. The summed E-state index contributed by atoms with van der Waals surface area (Å²) in [5.74, 6) is -0.232. The van der Waals surface area contributed by atoms with Crippen LogP contribution in [0.4, 0.5) is 0 Å². The molecule has 2 aromatic rings. The number of carboxylic acids is 1. The van der Waals surface area contributed by atoms with E-state index in [1.54, 1.807) is 11.8 Å². The van der Waals surface area contributed by atoms with Crippen LogP contribution in [-0.2, 0) is 9.59 Å². The minimum absolute atomic E-state index is 0.0469. The third kappa shape index (κ3) is 9.49. The minimum Gasteiger partial charge on any atom is -0.481 e. The van der Waals surface area contributed by atoms with Gasteiger partial charge in [-0.1, -0.05) is 68.7 Å². The van der Waals surface area contributed by atoms with Crippen molar-refractivity contribution < 1.29 is 14.7 Å². The largest absolute Gasteiger partial charge is 0.481 e. The number of benzene rings is 2. The molecule has 0 aliphatic carbocycles. The smallest absolute Gasteiger partial charge is 0.303 e. The van der Waals surface area contributed by atoms with Gasteiger partial charge in [0.05, 0.1) is 0 Å². The van der Waals surface area contributed by atoms with E-state index in [1.807, 2.05) is 18.2 Å². The highest BCUT2D eigenvalue weighted by Crippen LogP contribution is 2.24. The molecular weight excluding hydrogens is 394 g/mol. The third-order valence-electron chi connectivity index (χ3n) is 4.94. The highest BCUT2D eigenvalue weighted by atomic mass is 32.2. The fourth-order valence-corrected chi connectivity index (χ4v) is 4.25. The highest BCUT2D eigenvalue weighted by molar-refractivity contribution is 7.99. The number of carbonyl (C=O) groups is 2. The Kier molecular flexibility index (Phi) is 11.1. The molecule has 0 heterocycles. The van der Waals surface area contributed by atoms with E-state index >= 15 is 0 Å². The predicted molar refractivity (Wildman–Crippen MR) is 126 cm³/mol. The average molecular weight is 428 g/mol. The van der Waals surface area contributed by atoms with Crippen molar-refractivity contribution in [3.05, 3.63) is 54.6 Å². The van der Waals surface area contributed by atoms with Crippen LogP contribution in [0, 0.1) is 0 Å². The lowest BCUT2D eigenvalue weighted by Crippen LogP contribution is -2.36. The third-order valence-corrected chi connectivity index (χ3v) is 6.09. The van der Waals surface area contributed by atoms with E-state index < -0.39 is 5.97 Å². The molecule has 30 heavy (non-hydrogen) atoms. The summed E-state index contributed by atoms with van der Waals surface area (Å²) in [6.45, 7) is 2.19. The average Bonchev–Trinajstić information content (AvgIpc) is 2.74. The predicted octanol–water partition coefficient (Wildman–Crippen LogP) is 6.20. The second kappa shape index (κ2) is 13.9. The van der Waals surface area contributed by atoms with Crippen molar-refractivity contribution >= 4 is 34.4 Å². The molecule has 2 aromatic carbocycles. The number of hydrogen-bond donors (Lipinski definition) is 2. The summed E-state index contributed by atoms with van der Waals surface area (Å²) in [6.07, 6.45) is 10.7. The quantitative estimate of drug-likeness (QED) is 0.214. The Morgan fingerprint density at radius 1 is 1.07 bits per heavy atom. The van der Waals surface area contributed by atoms with Gasteiger partial charge in [-0.2, -0.15) is 0 Å². The van der Waals surface area contributed by atoms with Crippen molar-refractivity contribution in [1.29, 1.82) is 0 Å². The van der Waals surface area contributed by atoms with Gasteiger partial charge in [-0.3, -0.25) is 9.59 Å². The van der Waals surface area contributed by atoms with Gasteiger partial charge in [0.25, 0.3) is 0 Å². The normalized spacial score (nSPS) is 12.3. The molecule has 0 bridgehead atoms. The Hall–Kier alpha value is -2.27. The molecule has 0 aliphatic heterocycles. The summed E-state index contributed by atoms with van der Waals surface area (Å²) in [7, 11) is 0. The van der Waals surface area contributed by atoms with Gasteiger partial charge in [0.2, 0.25) is 5.91 Å². The van der Waals surface area contributed by atoms with E-state index in [1.165, 1.54) is 30.0 Å². The molecule has 0 radical (unpaired) electrons. The summed E-state index contributed by atoms with van der Waals surface area (Å²) in [5.41, 5.74) is 0. The Labute approximate surface area is 184 Å². The van der Waals surface area contributed by atoms with Gasteiger partial charge in [0.1, 0.15) is 0 Å². The monoisotopic (exact) mass is 427 g/mol. The first-order valence-corrected chi connectivity index (χ1v) is 11.8. The Balaban J connectivity index is 1.83. The molecule has 162 valence electrons. The molecule has 0 spiro atoms. The van der Waals surface area contributed by atoms with Crippen LogP contribution in [0.1, 0.15) is 58.3 Å². The Morgan fingerprint density at radius 3 is 2.63 bits per heavy atom. The van der Waals surface area contributed by atoms with Crippen molar-refractivity contribution in [2.24, 2.45) is 0 Å². The summed E-state index contributed by atoms with van der Waals surface area (Å²) in [6, 6.07) is 14.3. The lowest BCUT2D eigenvalue weighted by Gasteiger charge is -2.17. The van der Waals surface area contributed by atoms with Crippen LogP contribution in [0.2, 0.25) is 0 Å². The van der Waals surface area contributed by atoms with E-state index in [9.17, 15) is 9.59 Å². The number of amides is 1. The number of allylic oxidation sites excluding steroid dienone is 1. The van der Waals surface area contributed by atoms with Gasteiger partial charge < -0.3 is 10.4 Å². The molecule has 5 heteroatoms. The second-order valence-electron chi connectivity index (χ2n) is 7.54. The van der Waals surface area contributed by atoms with Crippen LogP contribution in [-0.4, -0.2) is 28.8 Å². The summed E-state index contributed by atoms with van der Waals surface area (Å²) < 4.78 is 0. The van der Waals surface area contributed by atoms with Crippen LogP contribution in [0.5, 0.6) is 0 Å². The molecule has 0 saturated heterocycles. The van der Waals surface area contributed by atoms with Crippen LogP contribution in [0.15, 0.2) is 59.5 Å². The topological polar surface area (TPSA) is 66.4 Å². The lowest BCUT2D eigenvalue weighted by molar-refractivity contribution is -0.137. The van der Waals surface area contributed by atoms with Crippen LogP contribution >= 0.6 is 11.8 Å². The van der Waals surface area contributed by atoms with Crippen molar-refractivity contribution in [3.63, 3.8) is 0 Å². The van der Waals surface area contributed by atoms with Gasteiger partial charge in [-0.15, -0.1) is 11.8 Å². The molecule has 0 fully saturated rings. The molecule has 1 amide bonds. The minimum atomic E-state index is -0.836. The number of fused-ring (bicyclic) bond motifs is 1. The Morgan fingerprint density at radius 2 is 1.87 bits per heavy atom. The molecule has 2 rings (SSSR count). The molecule has 1 atom stereocenters. The molecule has 0 aromatic heterocycles. The van der Waals surface area contributed by atoms with Crippen molar-refractivity contribution in [2.75, 3.05) is 5.75 Å². The van der Waals surface area contributed by atoms with Crippen LogP contribution in [0.25, 0.3) is 10.8 Å². The van der Waals surface area contributed by atoms with E-state index in [0.717, 1.165) is 17.7 Å². The zero-order valence-corrected chi connectivity index (χ0v) is 18.6.